The number of benzene rings is 1. The molecule has 7 heteroatoms. The van der Waals surface area contributed by atoms with Crippen LogP contribution in [0.5, 0.6) is 0 Å². The van der Waals surface area contributed by atoms with Crippen LogP contribution >= 0.6 is 0 Å². The van der Waals surface area contributed by atoms with Crippen molar-refractivity contribution in [2.45, 2.75) is 58.7 Å². The second-order valence-corrected chi connectivity index (χ2v) is 6.47. The number of hydrogen-bond donors (Lipinski definition) is 3. The summed E-state index contributed by atoms with van der Waals surface area (Å²) in [6, 6.07) is 7.34. The zero-order chi connectivity index (χ0) is 19.5. The molecule has 0 aromatic heterocycles. The maximum absolute atomic E-state index is 12.4. The van der Waals surface area contributed by atoms with Gasteiger partial charge in [0, 0.05) is 0 Å². The number of ether oxygens (including phenoxy) is 1. The highest BCUT2D eigenvalue weighted by molar-refractivity contribution is 5.89. The maximum Gasteiger partial charge on any atom is 0.408 e. The predicted octanol–water partition coefficient (Wildman–Crippen LogP) is 2.70. The molecule has 144 valence electrons. The Bertz CT molecular complexity index is 589. The van der Waals surface area contributed by atoms with E-state index in [0.29, 0.717) is 12.8 Å². The summed E-state index contributed by atoms with van der Waals surface area (Å²) in [4.78, 5) is 35.7. The van der Waals surface area contributed by atoms with Gasteiger partial charge >= 0.3 is 12.1 Å². The predicted molar refractivity (Wildman–Crippen MR) is 97.5 cm³/mol. The van der Waals surface area contributed by atoms with Crippen molar-refractivity contribution in [3.05, 3.63) is 35.9 Å². The zero-order valence-corrected chi connectivity index (χ0v) is 15.5. The number of carbonyl (C=O) groups is 3. The Morgan fingerprint density at radius 1 is 1.12 bits per heavy atom. The number of hydrogen-bond acceptors (Lipinski definition) is 4. The normalized spacial score (nSPS) is 12.9. The van der Waals surface area contributed by atoms with Crippen LogP contribution in [-0.4, -0.2) is 35.2 Å². The van der Waals surface area contributed by atoms with Gasteiger partial charge in [-0.25, -0.2) is 9.59 Å². The monoisotopic (exact) mass is 364 g/mol. The molecule has 0 heterocycles. The van der Waals surface area contributed by atoms with Crippen molar-refractivity contribution in [3.63, 3.8) is 0 Å². The topological polar surface area (TPSA) is 105 Å². The van der Waals surface area contributed by atoms with Gasteiger partial charge in [-0.3, -0.25) is 4.79 Å². The number of amides is 2. The minimum atomic E-state index is -1.08. The van der Waals surface area contributed by atoms with Crippen LogP contribution in [0.1, 0.15) is 45.6 Å². The van der Waals surface area contributed by atoms with E-state index in [1.165, 1.54) is 0 Å². The number of unbranched alkanes of at least 4 members (excludes halogenated alkanes) is 1. The highest BCUT2D eigenvalue weighted by atomic mass is 16.5. The summed E-state index contributed by atoms with van der Waals surface area (Å²) in [5.41, 5.74) is 0.832. The third-order valence-corrected chi connectivity index (χ3v) is 3.90. The molecule has 1 aromatic rings. The van der Waals surface area contributed by atoms with Crippen LogP contribution in [-0.2, 0) is 20.9 Å². The number of carboxylic acid groups (broad SMARTS) is 1. The van der Waals surface area contributed by atoms with E-state index in [4.69, 9.17) is 4.74 Å². The van der Waals surface area contributed by atoms with E-state index in [-0.39, 0.29) is 12.5 Å². The number of aliphatic carboxylic acids is 1. The van der Waals surface area contributed by atoms with Crippen LogP contribution in [0.25, 0.3) is 0 Å². The fourth-order valence-corrected chi connectivity index (χ4v) is 2.35. The average Bonchev–Trinajstić information content (AvgIpc) is 2.61. The number of carboxylic acids is 1. The number of nitrogens with one attached hydrogen (secondary N) is 2. The SMILES string of the molecule is CCCC[C@@H](NC(=O)[C@@H](NC(=O)OCc1ccccc1)C(C)C)C(=O)O. The third kappa shape index (κ3) is 7.55. The summed E-state index contributed by atoms with van der Waals surface area (Å²) in [6.45, 7) is 5.57. The molecule has 1 rings (SSSR count). The van der Waals surface area contributed by atoms with E-state index < -0.39 is 30.1 Å². The lowest BCUT2D eigenvalue weighted by Gasteiger charge is -2.23. The van der Waals surface area contributed by atoms with E-state index in [9.17, 15) is 19.5 Å². The van der Waals surface area contributed by atoms with Crippen molar-refractivity contribution in [3.8, 4) is 0 Å². The molecule has 0 aliphatic carbocycles. The van der Waals surface area contributed by atoms with Crippen LogP contribution in [0.15, 0.2) is 30.3 Å². The molecule has 0 unspecified atom stereocenters. The van der Waals surface area contributed by atoms with E-state index in [2.05, 4.69) is 10.6 Å². The Kier molecular flexibility index (Phi) is 9.19. The van der Waals surface area contributed by atoms with Crippen molar-refractivity contribution in [1.29, 1.82) is 0 Å². The summed E-state index contributed by atoms with van der Waals surface area (Å²) in [6.07, 6.45) is 1.15. The number of alkyl carbamates (subject to hydrolysis) is 1. The number of rotatable bonds is 10. The summed E-state index contributed by atoms with van der Waals surface area (Å²) in [5, 5.41) is 14.3. The molecular formula is C19H28N2O5. The minimum absolute atomic E-state index is 0.0906. The molecule has 0 aliphatic heterocycles. The molecule has 3 N–H and O–H groups in total. The van der Waals surface area contributed by atoms with Crippen LogP contribution in [0, 0.1) is 5.92 Å². The second-order valence-electron chi connectivity index (χ2n) is 6.47. The molecule has 7 nitrogen and oxygen atoms in total. The van der Waals surface area contributed by atoms with Gasteiger partial charge in [-0.1, -0.05) is 63.9 Å². The minimum Gasteiger partial charge on any atom is -0.480 e. The smallest absolute Gasteiger partial charge is 0.408 e. The Morgan fingerprint density at radius 3 is 2.31 bits per heavy atom. The van der Waals surface area contributed by atoms with Gasteiger partial charge in [0.25, 0.3) is 0 Å². The van der Waals surface area contributed by atoms with Crippen LogP contribution < -0.4 is 10.6 Å². The van der Waals surface area contributed by atoms with Crippen molar-refractivity contribution < 1.29 is 24.2 Å². The first-order valence-corrected chi connectivity index (χ1v) is 8.85. The van der Waals surface area contributed by atoms with E-state index in [1.807, 2.05) is 37.3 Å². The Hall–Kier alpha value is -2.57. The first-order valence-electron chi connectivity index (χ1n) is 8.85. The second kappa shape index (κ2) is 11.1. The molecule has 1 aromatic carbocycles. The Balaban J connectivity index is 2.61. The Morgan fingerprint density at radius 2 is 1.77 bits per heavy atom. The highest BCUT2D eigenvalue weighted by Gasteiger charge is 2.28. The third-order valence-electron chi connectivity index (χ3n) is 3.90. The lowest BCUT2D eigenvalue weighted by molar-refractivity contribution is -0.142. The van der Waals surface area contributed by atoms with Crippen molar-refractivity contribution >= 4 is 18.0 Å². The van der Waals surface area contributed by atoms with Gasteiger partial charge in [-0.05, 0) is 17.9 Å². The molecule has 0 aliphatic rings. The van der Waals surface area contributed by atoms with Gasteiger partial charge in [0.05, 0.1) is 0 Å². The van der Waals surface area contributed by atoms with E-state index in [1.54, 1.807) is 13.8 Å². The lowest BCUT2D eigenvalue weighted by Crippen LogP contribution is -2.53. The molecule has 2 atom stereocenters. The Labute approximate surface area is 154 Å². The van der Waals surface area contributed by atoms with Gasteiger partial charge in [-0.2, -0.15) is 0 Å². The fraction of sp³-hybridized carbons (Fsp3) is 0.526. The highest BCUT2D eigenvalue weighted by Crippen LogP contribution is 2.07. The average molecular weight is 364 g/mol. The van der Waals surface area contributed by atoms with Gasteiger partial charge in [0.2, 0.25) is 5.91 Å². The zero-order valence-electron chi connectivity index (χ0n) is 15.5. The van der Waals surface area contributed by atoms with E-state index in [0.717, 1.165) is 12.0 Å². The van der Waals surface area contributed by atoms with Crippen molar-refractivity contribution in [1.82, 2.24) is 10.6 Å². The summed E-state index contributed by atoms with van der Waals surface area (Å²) < 4.78 is 5.13. The molecule has 0 radical (unpaired) electrons. The first kappa shape index (κ1) is 21.5. The van der Waals surface area contributed by atoms with Crippen LogP contribution in [0.3, 0.4) is 0 Å². The summed E-state index contributed by atoms with van der Waals surface area (Å²) in [5.74, 6) is -1.83. The number of carbonyl (C=O) groups excluding carboxylic acids is 2. The van der Waals surface area contributed by atoms with Crippen LogP contribution in [0.4, 0.5) is 4.79 Å². The standard InChI is InChI=1S/C19H28N2O5/c1-4-5-11-15(18(23)24)20-17(22)16(13(2)3)21-19(25)26-12-14-9-7-6-8-10-14/h6-10,13,15-16H,4-5,11-12H2,1-3H3,(H,20,22)(H,21,25)(H,23,24)/t15-,16+/m1/s1. The molecule has 0 saturated carbocycles. The van der Waals surface area contributed by atoms with Gasteiger partial charge in [0.1, 0.15) is 18.7 Å². The van der Waals surface area contributed by atoms with E-state index >= 15 is 0 Å². The quantitative estimate of drug-likeness (QED) is 0.592. The molecule has 0 saturated heterocycles. The lowest BCUT2D eigenvalue weighted by atomic mass is 10.0. The first-order chi connectivity index (χ1) is 12.3. The molecule has 26 heavy (non-hydrogen) atoms. The maximum atomic E-state index is 12.4. The van der Waals surface area contributed by atoms with Gasteiger partial charge in [0.15, 0.2) is 0 Å². The van der Waals surface area contributed by atoms with Crippen molar-refractivity contribution in [2.75, 3.05) is 0 Å². The molecule has 0 fully saturated rings. The fourth-order valence-electron chi connectivity index (χ4n) is 2.35. The van der Waals surface area contributed by atoms with Gasteiger partial charge in [-0.15, -0.1) is 0 Å². The van der Waals surface area contributed by atoms with Gasteiger partial charge < -0.3 is 20.5 Å². The largest absolute Gasteiger partial charge is 0.480 e. The molecule has 2 amide bonds. The molecule has 0 bridgehead atoms. The molecule has 0 spiro atoms. The van der Waals surface area contributed by atoms with Crippen LogP contribution in [0.2, 0.25) is 0 Å². The summed E-state index contributed by atoms with van der Waals surface area (Å²) in [7, 11) is 0. The van der Waals surface area contributed by atoms with Crippen molar-refractivity contribution in [2.24, 2.45) is 5.92 Å². The molecular weight excluding hydrogens is 336 g/mol. The summed E-state index contributed by atoms with van der Waals surface area (Å²) >= 11 is 0.